The van der Waals surface area contributed by atoms with E-state index in [4.69, 9.17) is 5.11 Å². The Morgan fingerprint density at radius 1 is 1.40 bits per heavy atom. The normalized spacial score (nSPS) is 10.3. The van der Waals surface area contributed by atoms with Gasteiger partial charge < -0.3 is 10.4 Å². The van der Waals surface area contributed by atoms with Crippen LogP contribution in [-0.4, -0.2) is 37.2 Å². The number of carbonyl (C=O) groups excluding carboxylic acids is 1. The van der Waals surface area contributed by atoms with Crippen LogP contribution in [0.4, 0.5) is 5.69 Å². The van der Waals surface area contributed by atoms with Crippen molar-refractivity contribution in [3.05, 3.63) is 35.2 Å². The Morgan fingerprint density at radius 2 is 2.15 bits per heavy atom. The maximum absolute atomic E-state index is 11.9. The van der Waals surface area contributed by atoms with Crippen LogP contribution < -0.4 is 5.32 Å². The molecule has 20 heavy (non-hydrogen) atoms. The summed E-state index contributed by atoms with van der Waals surface area (Å²) >= 11 is 0. The van der Waals surface area contributed by atoms with Gasteiger partial charge in [0.15, 0.2) is 5.82 Å². The molecule has 1 aromatic carbocycles. The highest BCUT2D eigenvalue weighted by Gasteiger charge is 2.12. The summed E-state index contributed by atoms with van der Waals surface area (Å²) in [4.78, 5) is 22.8. The number of carboxylic acid groups (broad SMARTS) is 1. The number of carboxylic acids is 1. The van der Waals surface area contributed by atoms with E-state index in [0.29, 0.717) is 11.5 Å². The lowest BCUT2D eigenvalue weighted by Gasteiger charge is -2.08. The SMILES string of the molecule is Cc1ccc(C(=O)O)cc1NC(=O)Cc1nnnn1C. The van der Waals surface area contributed by atoms with E-state index in [9.17, 15) is 9.59 Å². The molecule has 0 fully saturated rings. The molecule has 2 aromatic rings. The summed E-state index contributed by atoms with van der Waals surface area (Å²) < 4.78 is 1.40. The summed E-state index contributed by atoms with van der Waals surface area (Å²) in [6, 6.07) is 4.55. The molecule has 0 saturated carbocycles. The summed E-state index contributed by atoms with van der Waals surface area (Å²) in [6.45, 7) is 1.78. The zero-order valence-corrected chi connectivity index (χ0v) is 11.0. The predicted molar refractivity (Wildman–Crippen MR) is 69.3 cm³/mol. The van der Waals surface area contributed by atoms with Crippen molar-refractivity contribution >= 4 is 17.6 Å². The van der Waals surface area contributed by atoms with Gasteiger partial charge in [-0.25, -0.2) is 9.48 Å². The first-order valence-corrected chi connectivity index (χ1v) is 5.82. The van der Waals surface area contributed by atoms with Crippen molar-refractivity contribution in [3.63, 3.8) is 0 Å². The van der Waals surface area contributed by atoms with E-state index in [0.717, 1.165) is 5.56 Å². The van der Waals surface area contributed by atoms with Crippen LogP contribution in [0, 0.1) is 6.92 Å². The number of aromatic nitrogens is 4. The van der Waals surface area contributed by atoms with Gasteiger partial charge in [0.1, 0.15) is 0 Å². The molecular formula is C12H13N5O3. The van der Waals surface area contributed by atoms with Gasteiger partial charge in [0, 0.05) is 12.7 Å². The van der Waals surface area contributed by atoms with Gasteiger partial charge in [-0.2, -0.15) is 0 Å². The quantitative estimate of drug-likeness (QED) is 0.835. The minimum Gasteiger partial charge on any atom is -0.478 e. The molecule has 0 aliphatic carbocycles. The number of hydrogen-bond donors (Lipinski definition) is 2. The van der Waals surface area contributed by atoms with Gasteiger partial charge in [0.05, 0.1) is 12.0 Å². The smallest absolute Gasteiger partial charge is 0.335 e. The van der Waals surface area contributed by atoms with Crippen molar-refractivity contribution in [1.82, 2.24) is 20.2 Å². The molecule has 2 N–H and O–H groups in total. The Bertz CT molecular complexity index is 665. The number of nitrogens with one attached hydrogen (secondary N) is 1. The molecule has 0 atom stereocenters. The number of aryl methyl sites for hydroxylation is 2. The third kappa shape index (κ3) is 2.97. The first-order valence-electron chi connectivity index (χ1n) is 5.82. The van der Waals surface area contributed by atoms with E-state index in [2.05, 4.69) is 20.8 Å². The molecule has 0 spiro atoms. The molecular weight excluding hydrogens is 262 g/mol. The zero-order chi connectivity index (χ0) is 14.7. The highest BCUT2D eigenvalue weighted by molar-refractivity contribution is 5.95. The maximum Gasteiger partial charge on any atom is 0.335 e. The molecule has 1 amide bonds. The average molecular weight is 275 g/mol. The third-order valence-electron chi connectivity index (χ3n) is 2.79. The number of tetrazole rings is 1. The van der Waals surface area contributed by atoms with E-state index >= 15 is 0 Å². The monoisotopic (exact) mass is 275 g/mol. The number of aromatic carboxylic acids is 1. The summed E-state index contributed by atoms with van der Waals surface area (Å²) in [7, 11) is 1.64. The number of benzene rings is 1. The molecule has 104 valence electrons. The maximum atomic E-state index is 11.9. The zero-order valence-electron chi connectivity index (χ0n) is 11.0. The fourth-order valence-electron chi connectivity index (χ4n) is 1.63. The van der Waals surface area contributed by atoms with Crippen LogP contribution in [-0.2, 0) is 18.3 Å². The van der Waals surface area contributed by atoms with Crippen LogP contribution >= 0.6 is 0 Å². The second kappa shape index (κ2) is 5.47. The van der Waals surface area contributed by atoms with Gasteiger partial charge in [-0.15, -0.1) is 5.10 Å². The molecule has 0 saturated heterocycles. The molecule has 0 aliphatic rings. The summed E-state index contributed by atoms with van der Waals surface area (Å²) in [5.41, 5.74) is 1.36. The molecule has 8 nitrogen and oxygen atoms in total. The largest absolute Gasteiger partial charge is 0.478 e. The molecule has 0 bridgehead atoms. The van der Waals surface area contributed by atoms with Gasteiger partial charge in [-0.05, 0) is 35.0 Å². The van der Waals surface area contributed by atoms with Crippen LogP contribution in [0.5, 0.6) is 0 Å². The van der Waals surface area contributed by atoms with Crippen LogP contribution in [0.2, 0.25) is 0 Å². The van der Waals surface area contributed by atoms with E-state index in [1.54, 1.807) is 20.0 Å². The Hall–Kier alpha value is -2.77. The summed E-state index contributed by atoms with van der Waals surface area (Å²) in [5, 5.41) is 22.4. The van der Waals surface area contributed by atoms with Crippen LogP contribution in [0.15, 0.2) is 18.2 Å². The van der Waals surface area contributed by atoms with E-state index in [-0.39, 0.29) is 17.9 Å². The van der Waals surface area contributed by atoms with Crippen molar-refractivity contribution in [2.45, 2.75) is 13.3 Å². The fraction of sp³-hybridized carbons (Fsp3) is 0.250. The lowest BCUT2D eigenvalue weighted by Crippen LogP contribution is -2.18. The van der Waals surface area contributed by atoms with Crippen LogP contribution in [0.25, 0.3) is 0 Å². The van der Waals surface area contributed by atoms with Crippen LogP contribution in [0.3, 0.4) is 0 Å². The topological polar surface area (TPSA) is 110 Å². The van der Waals surface area contributed by atoms with Crippen molar-refractivity contribution < 1.29 is 14.7 Å². The highest BCUT2D eigenvalue weighted by Crippen LogP contribution is 2.17. The molecule has 2 rings (SSSR count). The van der Waals surface area contributed by atoms with Gasteiger partial charge in [-0.1, -0.05) is 6.07 Å². The number of amides is 1. The lowest BCUT2D eigenvalue weighted by atomic mass is 10.1. The predicted octanol–water partition coefficient (Wildman–Crippen LogP) is 0.398. The molecule has 1 heterocycles. The third-order valence-corrected chi connectivity index (χ3v) is 2.79. The van der Waals surface area contributed by atoms with Crippen molar-refractivity contribution in [3.8, 4) is 0 Å². The standard InChI is InChI=1S/C12H13N5O3/c1-7-3-4-8(12(19)20)5-9(7)13-11(18)6-10-14-15-16-17(10)2/h3-5H,6H2,1-2H3,(H,13,18)(H,19,20). The van der Waals surface area contributed by atoms with E-state index in [1.165, 1.54) is 16.8 Å². The minimum atomic E-state index is -1.04. The van der Waals surface area contributed by atoms with Crippen molar-refractivity contribution in [2.75, 3.05) is 5.32 Å². The van der Waals surface area contributed by atoms with E-state index < -0.39 is 5.97 Å². The fourth-order valence-corrected chi connectivity index (χ4v) is 1.63. The Kier molecular flexibility index (Phi) is 3.74. The number of carbonyl (C=O) groups is 2. The first-order chi connectivity index (χ1) is 9.47. The number of hydrogen-bond acceptors (Lipinski definition) is 5. The Balaban J connectivity index is 2.13. The number of rotatable bonds is 4. The summed E-state index contributed by atoms with van der Waals surface area (Å²) in [6.07, 6.45) is 0.0141. The number of nitrogens with zero attached hydrogens (tertiary/aromatic N) is 4. The summed E-state index contributed by atoms with van der Waals surface area (Å²) in [5.74, 6) is -0.930. The molecule has 0 radical (unpaired) electrons. The molecule has 8 heteroatoms. The average Bonchev–Trinajstić information content (AvgIpc) is 2.77. The van der Waals surface area contributed by atoms with Gasteiger partial charge in [0.2, 0.25) is 5.91 Å². The first kappa shape index (κ1) is 13.7. The van der Waals surface area contributed by atoms with E-state index in [1.807, 2.05) is 0 Å². The second-order valence-corrected chi connectivity index (χ2v) is 4.28. The van der Waals surface area contributed by atoms with Crippen LogP contribution in [0.1, 0.15) is 21.7 Å². The van der Waals surface area contributed by atoms with Crippen molar-refractivity contribution in [1.29, 1.82) is 0 Å². The van der Waals surface area contributed by atoms with Gasteiger partial charge in [0.25, 0.3) is 0 Å². The molecule has 0 aliphatic heterocycles. The molecule has 1 aromatic heterocycles. The Morgan fingerprint density at radius 3 is 2.75 bits per heavy atom. The molecule has 0 unspecified atom stereocenters. The lowest BCUT2D eigenvalue weighted by molar-refractivity contribution is -0.115. The van der Waals surface area contributed by atoms with Crippen molar-refractivity contribution in [2.24, 2.45) is 7.05 Å². The van der Waals surface area contributed by atoms with Gasteiger partial charge in [-0.3, -0.25) is 4.79 Å². The van der Waals surface area contributed by atoms with Gasteiger partial charge >= 0.3 is 5.97 Å². The number of anilines is 1. The minimum absolute atomic E-state index is 0.0141. The highest BCUT2D eigenvalue weighted by atomic mass is 16.4. The second-order valence-electron chi connectivity index (χ2n) is 4.28. The Labute approximate surface area is 114 Å².